The molecule has 2 rings (SSSR count). The van der Waals surface area contributed by atoms with E-state index in [2.05, 4.69) is 20.6 Å². The van der Waals surface area contributed by atoms with Gasteiger partial charge >= 0.3 is 0 Å². The van der Waals surface area contributed by atoms with E-state index in [9.17, 15) is 8.42 Å². The lowest BCUT2D eigenvalue weighted by molar-refractivity contribution is 0.600. The van der Waals surface area contributed by atoms with Crippen molar-refractivity contribution in [1.82, 2.24) is 9.97 Å². The highest BCUT2D eigenvalue weighted by Gasteiger charge is 2.08. The van der Waals surface area contributed by atoms with Gasteiger partial charge in [-0.15, -0.1) is 11.3 Å². The van der Waals surface area contributed by atoms with Gasteiger partial charge in [-0.3, -0.25) is 0 Å². The quantitative estimate of drug-likeness (QED) is 0.788. The number of hydrogen-bond acceptors (Lipinski definition) is 7. The molecular weight excluding hydrogens is 284 g/mol. The van der Waals surface area contributed by atoms with E-state index in [1.54, 1.807) is 18.4 Å². The molecule has 104 valence electrons. The predicted octanol–water partition coefficient (Wildman–Crippen LogP) is 1.58. The summed E-state index contributed by atoms with van der Waals surface area (Å²) in [6.45, 7) is 0.568. The van der Waals surface area contributed by atoms with Gasteiger partial charge in [0.15, 0.2) is 0 Å². The second-order valence-corrected chi connectivity index (χ2v) is 7.35. The van der Waals surface area contributed by atoms with E-state index < -0.39 is 9.84 Å². The topological polar surface area (TPSA) is 84.0 Å². The van der Waals surface area contributed by atoms with Crippen LogP contribution >= 0.6 is 11.3 Å². The Morgan fingerprint density at radius 3 is 2.84 bits per heavy atom. The molecule has 0 amide bonds. The average molecular weight is 300 g/mol. The first-order chi connectivity index (χ1) is 8.99. The summed E-state index contributed by atoms with van der Waals surface area (Å²) in [5, 5.41) is 9.00. The number of rotatable bonds is 6. The summed E-state index contributed by atoms with van der Waals surface area (Å²) in [6.07, 6.45) is 1.80. The number of aromatic nitrogens is 2. The van der Waals surface area contributed by atoms with Crippen molar-refractivity contribution in [3.8, 4) is 0 Å². The molecule has 0 unspecified atom stereocenters. The van der Waals surface area contributed by atoms with Crippen molar-refractivity contribution >= 4 is 43.2 Å². The van der Waals surface area contributed by atoms with Crippen LogP contribution in [0.3, 0.4) is 0 Å². The highest BCUT2D eigenvalue weighted by Crippen LogP contribution is 2.26. The first-order valence-electron chi connectivity index (χ1n) is 5.84. The van der Waals surface area contributed by atoms with E-state index in [0.29, 0.717) is 18.9 Å². The molecule has 2 aromatic rings. The van der Waals surface area contributed by atoms with Gasteiger partial charge in [-0.05, 0) is 17.9 Å². The van der Waals surface area contributed by atoms with E-state index in [1.165, 1.54) is 6.26 Å². The minimum atomic E-state index is -2.91. The van der Waals surface area contributed by atoms with Crippen molar-refractivity contribution in [3.63, 3.8) is 0 Å². The van der Waals surface area contributed by atoms with Crippen LogP contribution in [0.1, 0.15) is 6.42 Å². The van der Waals surface area contributed by atoms with Crippen LogP contribution in [0, 0.1) is 0 Å². The lowest BCUT2D eigenvalue weighted by Crippen LogP contribution is -2.11. The molecule has 19 heavy (non-hydrogen) atoms. The van der Waals surface area contributed by atoms with E-state index in [0.717, 1.165) is 16.0 Å². The van der Waals surface area contributed by atoms with Crippen molar-refractivity contribution in [1.29, 1.82) is 0 Å². The molecule has 0 fully saturated rings. The molecule has 0 atom stereocenters. The van der Waals surface area contributed by atoms with Crippen LogP contribution in [0.5, 0.6) is 0 Å². The van der Waals surface area contributed by atoms with Crippen molar-refractivity contribution in [2.45, 2.75) is 6.42 Å². The zero-order valence-electron chi connectivity index (χ0n) is 10.8. The normalized spacial score (nSPS) is 11.7. The van der Waals surface area contributed by atoms with Crippen LogP contribution < -0.4 is 10.6 Å². The molecule has 0 saturated heterocycles. The minimum Gasteiger partial charge on any atom is -0.369 e. The number of hydrogen-bond donors (Lipinski definition) is 2. The Hall–Kier alpha value is -1.41. The second kappa shape index (κ2) is 5.70. The Morgan fingerprint density at radius 2 is 2.16 bits per heavy atom. The molecule has 2 aromatic heterocycles. The van der Waals surface area contributed by atoms with Gasteiger partial charge in [-0.1, -0.05) is 0 Å². The summed E-state index contributed by atoms with van der Waals surface area (Å²) in [5.74, 6) is 1.47. The fraction of sp³-hybridized carbons (Fsp3) is 0.455. The molecule has 0 saturated carbocycles. The third-order valence-electron chi connectivity index (χ3n) is 2.53. The van der Waals surface area contributed by atoms with Crippen LogP contribution in [0.15, 0.2) is 11.4 Å². The smallest absolute Gasteiger partial charge is 0.225 e. The van der Waals surface area contributed by atoms with Crippen molar-refractivity contribution in [2.75, 3.05) is 36.2 Å². The van der Waals surface area contributed by atoms with Gasteiger partial charge in [0.2, 0.25) is 5.95 Å². The molecule has 6 nitrogen and oxygen atoms in total. The molecule has 0 bridgehead atoms. The molecular formula is C11H16N4O2S2. The molecule has 0 aliphatic rings. The number of thiophene rings is 1. The first-order valence-corrected chi connectivity index (χ1v) is 8.78. The number of anilines is 2. The maximum Gasteiger partial charge on any atom is 0.225 e. The third-order valence-corrected chi connectivity index (χ3v) is 4.37. The Labute approximate surface area is 116 Å². The van der Waals surface area contributed by atoms with Gasteiger partial charge in [-0.25, -0.2) is 13.4 Å². The highest BCUT2D eigenvalue weighted by molar-refractivity contribution is 7.90. The number of nitrogens with zero attached hydrogens (tertiary/aromatic N) is 2. The van der Waals surface area contributed by atoms with E-state index in [4.69, 9.17) is 0 Å². The summed E-state index contributed by atoms with van der Waals surface area (Å²) >= 11 is 1.55. The fourth-order valence-electron chi connectivity index (χ4n) is 1.64. The van der Waals surface area contributed by atoms with Crippen LogP contribution in [0.4, 0.5) is 11.8 Å². The number of nitrogens with one attached hydrogen (secondary N) is 2. The molecule has 0 radical (unpaired) electrons. The van der Waals surface area contributed by atoms with Gasteiger partial charge in [0, 0.05) is 19.8 Å². The Balaban J connectivity index is 2.09. The maximum atomic E-state index is 11.1. The number of fused-ring (bicyclic) bond motifs is 1. The molecule has 0 aliphatic heterocycles. The van der Waals surface area contributed by atoms with E-state index in [-0.39, 0.29) is 5.75 Å². The van der Waals surface area contributed by atoms with Crippen LogP contribution in [-0.4, -0.2) is 44.0 Å². The molecule has 2 heterocycles. The zero-order valence-corrected chi connectivity index (χ0v) is 12.4. The molecule has 0 aliphatic carbocycles. The summed E-state index contributed by atoms with van der Waals surface area (Å²) in [5.41, 5.74) is 0. The fourth-order valence-corrected chi connectivity index (χ4v) is 3.08. The third kappa shape index (κ3) is 3.77. The largest absolute Gasteiger partial charge is 0.369 e. The molecule has 2 N–H and O–H groups in total. The zero-order chi connectivity index (χ0) is 13.9. The van der Waals surface area contributed by atoms with Crippen molar-refractivity contribution < 1.29 is 8.42 Å². The monoisotopic (exact) mass is 300 g/mol. The van der Waals surface area contributed by atoms with E-state index in [1.807, 2.05) is 11.4 Å². The summed E-state index contributed by atoms with van der Waals surface area (Å²) in [4.78, 5) is 9.60. The van der Waals surface area contributed by atoms with Crippen molar-refractivity contribution in [2.24, 2.45) is 0 Å². The second-order valence-electron chi connectivity index (χ2n) is 4.20. The van der Waals surface area contributed by atoms with Gasteiger partial charge in [0.1, 0.15) is 20.5 Å². The summed E-state index contributed by atoms with van der Waals surface area (Å²) in [6, 6.07) is 1.96. The maximum absolute atomic E-state index is 11.1. The van der Waals surface area contributed by atoms with Crippen LogP contribution in [-0.2, 0) is 9.84 Å². The predicted molar refractivity (Wildman–Crippen MR) is 79.8 cm³/mol. The standard InChI is InChI=1S/C11H16N4O2S2/c1-12-11-14-9(8-4-6-18-10(8)15-11)13-5-3-7-19(2,16)17/h4,6H,3,5,7H2,1-2H3,(H2,12,13,14,15). The number of sulfone groups is 1. The van der Waals surface area contributed by atoms with Crippen molar-refractivity contribution in [3.05, 3.63) is 11.4 Å². The molecule has 0 aromatic carbocycles. The van der Waals surface area contributed by atoms with Gasteiger partial charge in [0.25, 0.3) is 0 Å². The van der Waals surface area contributed by atoms with Crippen LogP contribution in [0.2, 0.25) is 0 Å². The minimum absolute atomic E-state index is 0.177. The van der Waals surface area contributed by atoms with Gasteiger partial charge in [0.05, 0.1) is 11.1 Å². The highest BCUT2D eigenvalue weighted by atomic mass is 32.2. The average Bonchev–Trinajstić information content (AvgIpc) is 2.81. The van der Waals surface area contributed by atoms with Crippen LogP contribution in [0.25, 0.3) is 10.2 Å². The molecule has 8 heteroatoms. The van der Waals surface area contributed by atoms with Gasteiger partial charge < -0.3 is 10.6 Å². The first kappa shape index (κ1) is 14.0. The Morgan fingerprint density at radius 1 is 1.37 bits per heavy atom. The summed E-state index contributed by atoms with van der Waals surface area (Å²) in [7, 11) is -1.14. The lowest BCUT2D eigenvalue weighted by Gasteiger charge is -2.08. The Bertz CT molecular complexity index is 666. The summed E-state index contributed by atoms with van der Waals surface area (Å²) < 4.78 is 22.1. The molecule has 0 spiro atoms. The Kier molecular flexibility index (Phi) is 4.20. The SMILES string of the molecule is CNc1nc(NCCCS(C)(=O)=O)c2ccsc2n1. The van der Waals surface area contributed by atoms with E-state index >= 15 is 0 Å². The lowest BCUT2D eigenvalue weighted by atomic mass is 10.3. The van der Waals surface area contributed by atoms with Gasteiger partial charge in [-0.2, -0.15) is 4.98 Å².